The van der Waals surface area contributed by atoms with Crippen LogP contribution in [-0.4, -0.2) is 19.6 Å². The molecule has 3 heteroatoms. The van der Waals surface area contributed by atoms with Crippen LogP contribution in [0.25, 0.3) is 0 Å². The first-order valence-corrected chi connectivity index (χ1v) is 5.22. The molecule has 0 bridgehead atoms. The molecule has 3 rings (SSSR count). The van der Waals surface area contributed by atoms with Crippen molar-refractivity contribution in [2.24, 2.45) is 0 Å². The Morgan fingerprint density at radius 1 is 1.40 bits per heavy atom. The third-order valence-corrected chi connectivity index (χ3v) is 3.48. The van der Waals surface area contributed by atoms with E-state index in [0.29, 0.717) is 0 Å². The van der Waals surface area contributed by atoms with Crippen LogP contribution in [-0.2, 0) is 5.41 Å². The summed E-state index contributed by atoms with van der Waals surface area (Å²) in [5.41, 5.74) is 2.21. The van der Waals surface area contributed by atoms with E-state index in [9.17, 15) is 4.79 Å². The van der Waals surface area contributed by atoms with Gasteiger partial charge in [0.25, 0.3) is 5.91 Å². The molecule has 1 spiro atoms. The first-order valence-electron chi connectivity index (χ1n) is 5.22. The van der Waals surface area contributed by atoms with Crippen LogP contribution in [0.2, 0.25) is 0 Å². The third-order valence-electron chi connectivity index (χ3n) is 3.48. The lowest BCUT2D eigenvalue weighted by atomic mass is 9.87. The van der Waals surface area contributed by atoms with Gasteiger partial charge in [-0.15, -0.1) is 0 Å². The van der Waals surface area contributed by atoms with E-state index in [1.54, 1.807) is 7.11 Å². The van der Waals surface area contributed by atoms with E-state index < -0.39 is 0 Å². The highest BCUT2D eigenvalue weighted by Crippen LogP contribution is 2.51. The first kappa shape index (κ1) is 8.77. The third kappa shape index (κ3) is 1.16. The zero-order chi connectivity index (χ0) is 10.5. The number of ether oxygens (including phenoxy) is 1. The highest BCUT2D eigenvalue weighted by molar-refractivity contribution is 5.98. The van der Waals surface area contributed by atoms with Crippen LogP contribution in [0.15, 0.2) is 18.2 Å². The van der Waals surface area contributed by atoms with Crippen molar-refractivity contribution in [3.8, 4) is 5.75 Å². The van der Waals surface area contributed by atoms with E-state index in [-0.39, 0.29) is 11.3 Å². The number of amides is 1. The summed E-state index contributed by atoms with van der Waals surface area (Å²) in [4.78, 5) is 11.6. The molecule has 1 saturated carbocycles. The van der Waals surface area contributed by atoms with Gasteiger partial charge in [-0.3, -0.25) is 4.79 Å². The molecular formula is C12H13NO2. The van der Waals surface area contributed by atoms with Gasteiger partial charge >= 0.3 is 0 Å². The lowest BCUT2D eigenvalue weighted by Crippen LogP contribution is -2.39. The minimum absolute atomic E-state index is 0.0465. The molecule has 3 nitrogen and oxygen atoms in total. The van der Waals surface area contributed by atoms with E-state index in [4.69, 9.17) is 4.74 Å². The summed E-state index contributed by atoms with van der Waals surface area (Å²) in [6.45, 7) is 0.784. The molecule has 1 N–H and O–H groups in total. The van der Waals surface area contributed by atoms with Gasteiger partial charge in [0.15, 0.2) is 0 Å². The molecule has 0 atom stereocenters. The Balaban J connectivity index is 2.16. The van der Waals surface area contributed by atoms with E-state index in [0.717, 1.165) is 17.9 Å². The van der Waals surface area contributed by atoms with Crippen LogP contribution in [0.1, 0.15) is 28.8 Å². The molecule has 0 unspecified atom stereocenters. The first-order chi connectivity index (χ1) is 7.25. The SMILES string of the molecule is COc1ccc2c(c1)C1(CC1)CNC2=O. The molecule has 1 aromatic rings. The van der Waals surface area contributed by atoms with Gasteiger partial charge in [0.2, 0.25) is 0 Å². The number of carbonyl (C=O) groups is 1. The second-order valence-electron chi connectivity index (χ2n) is 4.37. The average Bonchev–Trinajstić information content (AvgIpc) is 3.05. The minimum atomic E-state index is 0.0465. The topological polar surface area (TPSA) is 38.3 Å². The number of benzene rings is 1. The second kappa shape index (κ2) is 2.75. The maximum Gasteiger partial charge on any atom is 0.251 e. The number of rotatable bonds is 1. The Labute approximate surface area is 88.4 Å². The molecule has 0 radical (unpaired) electrons. The molecule has 1 amide bonds. The zero-order valence-electron chi connectivity index (χ0n) is 8.67. The highest BCUT2D eigenvalue weighted by Gasteiger charge is 2.48. The monoisotopic (exact) mass is 203 g/mol. The van der Waals surface area contributed by atoms with Crippen molar-refractivity contribution in [1.82, 2.24) is 5.32 Å². The molecule has 1 heterocycles. The fraction of sp³-hybridized carbons (Fsp3) is 0.417. The van der Waals surface area contributed by atoms with Gasteiger partial charge in [-0.2, -0.15) is 0 Å². The van der Waals surface area contributed by atoms with Crippen molar-refractivity contribution in [1.29, 1.82) is 0 Å². The highest BCUT2D eigenvalue weighted by atomic mass is 16.5. The molecule has 1 aliphatic heterocycles. The Bertz CT molecular complexity index is 435. The number of methoxy groups -OCH3 is 1. The molecule has 0 saturated heterocycles. The number of hydrogen-bond donors (Lipinski definition) is 1. The summed E-state index contributed by atoms with van der Waals surface area (Å²) < 4.78 is 5.20. The van der Waals surface area contributed by atoms with Crippen LogP contribution in [0.4, 0.5) is 0 Å². The van der Waals surface area contributed by atoms with Gasteiger partial charge in [-0.25, -0.2) is 0 Å². The van der Waals surface area contributed by atoms with Crippen LogP contribution >= 0.6 is 0 Å². The van der Waals surface area contributed by atoms with Crippen molar-refractivity contribution in [2.45, 2.75) is 18.3 Å². The van der Waals surface area contributed by atoms with Crippen LogP contribution in [0.3, 0.4) is 0 Å². The quantitative estimate of drug-likeness (QED) is 0.750. The van der Waals surface area contributed by atoms with Crippen molar-refractivity contribution in [3.63, 3.8) is 0 Å². The summed E-state index contributed by atoms with van der Waals surface area (Å²) in [5.74, 6) is 0.889. The number of nitrogens with one attached hydrogen (secondary N) is 1. The van der Waals surface area contributed by atoms with Gasteiger partial charge in [0.05, 0.1) is 7.11 Å². The van der Waals surface area contributed by atoms with Crippen molar-refractivity contribution in [2.75, 3.05) is 13.7 Å². The summed E-state index contributed by atoms with van der Waals surface area (Å²) in [5, 5.41) is 2.95. The van der Waals surface area contributed by atoms with Gasteiger partial charge in [-0.1, -0.05) is 0 Å². The maximum absolute atomic E-state index is 11.6. The predicted molar refractivity (Wildman–Crippen MR) is 56.2 cm³/mol. The van der Waals surface area contributed by atoms with Gasteiger partial charge in [0, 0.05) is 17.5 Å². The van der Waals surface area contributed by atoms with Crippen molar-refractivity contribution in [3.05, 3.63) is 29.3 Å². The molecule has 1 fully saturated rings. The normalized spacial score (nSPS) is 20.7. The lowest BCUT2D eigenvalue weighted by molar-refractivity contribution is 0.0937. The lowest BCUT2D eigenvalue weighted by Gasteiger charge is -2.25. The smallest absolute Gasteiger partial charge is 0.251 e. The zero-order valence-corrected chi connectivity index (χ0v) is 8.67. The average molecular weight is 203 g/mol. The summed E-state index contributed by atoms with van der Waals surface area (Å²) in [6.07, 6.45) is 2.35. The molecule has 78 valence electrons. The van der Waals surface area contributed by atoms with E-state index in [1.165, 1.54) is 18.4 Å². The maximum atomic E-state index is 11.6. The van der Waals surface area contributed by atoms with Gasteiger partial charge in [0.1, 0.15) is 5.75 Å². The van der Waals surface area contributed by atoms with Crippen molar-refractivity contribution < 1.29 is 9.53 Å². The molecule has 0 aromatic heterocycles. The van der Waals surface area contributed by atoms with Crippen molar-refractivity contribution >= 4 is 5.91 Å². The molecular weight excluding hydrogens is 190 g/mol. The Kier molecular flexibility index (Phi) is 1.61. The number of carbonyl (C=O) groups excluding carboxylic acids is 1. The number of hydrogen-bond acceptors (Lipinski definition) is 2. The molecule has 2 aliphatic rings. The van der Waals surface area contributed by atoms with E-state index in [2.05, 4.69) is 5.32 Å². The van der Waals surface area contributed by atoms with Crippen LogP contribution in [0, 0.1) is 0 Å². The second-order valence-corrected chi connectivity index (χ2v) is 4.37. The minimum Gasteiger partial charge on any atom is -0.497 e. The van der Waals surface area contributed by atoms with E-state index >= 15 is 0 Å². The largest absolute Gasteiger partial charge is 0.497 e. The Morgan fingerprint density at radius 3 is 2.87 bits per heavy atom. The van der Waals surface area contributed by atoms with E-state index in [1.807, 2.05) is 18.2 Å². The summed E-state index contributed by atoms with van der Waals surface area (Å²) in [6, 6.07) is 5.73. The molecule has 1 aliphatic carbocycles. The van der Waals surface area contributed by atoms with Gasteiger partial charge in [-0.05, 0) is 36.6 Å². The van der Waals surface area contributed by atoms with Crippen LogP contribution < -0.4 is 10.1 Å². The molecule has 15 heavy (non-hydrogen) atoms. The molecule has 1 aromatic carbocycles. The fourth-order valence-electron chi connectivity index (χ4n) is 2.32. The van der Waals surface area contributed by atoms with Crippen LogP contribution in [0.5, 0.6) is 5.75 Å². The standard InChI is InChI=1S/C12H13NO2/c1-15-8-2-3-9-10(6-8)12(4-5-12)7-13-11(9)14/h2-3,6H,4-5,7H2,1H3,(H,13,14). The Hall–Kier alpha value is -1.51. The van der Waals surface area contributed by atoms with Gasteiger partial charge < -0.3 is 10.1 Å². The predicted octanol–water partition coefficient (Wildman–Crippen LogP) is 1.47. The number of fused-ring (bicyclic) bond motifs is 2. The Morgan fingerprint density at radius 2 is 2.20 bits per heavy atom. The summed E-state index contributed by atoms with van der Waals surface area (Å²) in [7, 11) is 1.66. The summed E-state index contributed by atoms with van der Waals surface area (Å²) >= 11 is 0. The fourth-order valence-corrected chi connectivity index (χ4v) is 2.32.